The number of hydrogen-bond acceptors (Lipinski definition) is 10. The Balaban J connectivity index is 1.77. The minimum atomic E-state index is -1.34. The summed E-state index contributed by atoms with van der Waals surface area (Å²) >= 11 is 1.52. The van der Waals surface area contributed by atoms with E-state index in [4.69, 9.17) is 14.2 Å². The number of para-hydroxylation sites is 2. The zero-order valence-electron chi connectivity index (χ0n) is 18.2. The Morgan fingerprint density at radius 3 is 2.85 bits per heavy atom. The maximum atomic E-state index is 11.0. The Bertz CT molecular complexity index is 1140. The Morgan fingerprint density at radius 2 is 2.06 bits per heavy atom. The highest BCUT2D eigenvalue weighted by molar-refractivity contribution is 7.99. The van der Waals surface area contributed by atoms with Crippen LogP contribution in [0.4, 0.5) is 5.69 Å². The van der Waals surface area contributed by atoms with Gasteiger partial charge in [-0.3, -0.25) is 0 Å². The molecule has 9 nitrogen and oxygen atoms in total. The quantitative estimate of drug-likeness (QED) is 0.371. The molecule has 10 heteroatoms. The van der Waals surface area contributed by atoms with Gasteiger partial charge in [0, 0.05) is 17.0 Å². The number of carboxylic acids is 1. The molecule has 1 atom stereocenters. The summed E-state index contributed by atoms with van der Waals surface area (Å²) in [6, 6.07) is 12.8. The number of hydrogen-bond donors (Lipinski definition) is 1. The summed E-state index contributed by atoms with van der Waals surface area (Å²) in [4.78, 5) is 15.7. The van der Waals surface area contributed by atoms with Crippen LogP contribution in [-0.2, 0) is 4.79 Å². The molecule has 0 bridgehead atoms. The van der Waals surface area contributed by atoms with Crippen molar-refractivity contribution in [2.75, 3.05) is 24.8 Å². The summed E-state index contributed by atoms with van der Waals surface area (Å²) in [5.74, 6) is 0.464. The molecule has 0 saturated carbocycles. The van der Waals surface area contributed by atoms with E-state index >= 15 is 0 Å². The van der Waals surface area contributed by atoms with Crippen LogP contribution < -0.4 is 24.6 Å². The number of carboxylic acid groups (broad SMARTS) is 1. The normalized spacial score (nSPS) is 14.2. The van der Waals surface area contributed by atoms with Crippen molar-refractivity contribution in [2.45, 2.75) is 31.1 Å². The molecule has 1 aliphatic rings. The number of anilines is 1. The maximum absolute atomic E-state index is 11.0. The molecule has 0 aliphatic carbocycles. The smallest absolute Gasteiger partial charge is 0.247 e. The Hall–Kier alpha value is -3.53. The lowest BCUT2D eigenvalue weighted by Gasteiger charge is -2.23. The predicted octanol–water partition coefficient (Wildman–Crippen LogP) is 3.07. The van der Waals surface area contributed by atoms with E-state index in [1.165, 1.54) is 18.9 Å². The Kier molecular flexibility index (Phi) is 7.13. The number of fused-ring (bicyclic) bond motifs is 3. The van der Waals surface area contributed by atoms with E-state index in [1.54, 1.807) is 18.2 Å². The third-order valence-corrected chi connectivity index (χ3v) is 5.83. The van der Waals surface area contributed by atoms with Gasteiger partial charge in [-0.05, 0) is 24.6 Å². The number of carbonyl (C=O) groups excluding carboxylic acids is 1. The third kappa shape index (κ3) is 5.11. The summed E-state index contributed by atoms with van der Waals surface area (Å²) < 4.78 is 17.2. The Labute approximate surface area is 195 Å². The number of nitrogens with zero attached hydrogens (tertiary/aromatic N) is 3. The van der Waals surface area contributed by atoms with Gasteiger partial charge in [0.2, 0.25) is 17.3 Å². The monoisotopic (exact) mass is 467 g/mol. The number of ether oxygens (including phenoxy) is 3. The van der Waals surface area contributed by atoms with Gasteiger partial charge in [0.25, 0.3) is 0 Å². The predicted molar refractivity (Wildman–Crippen MR) is 121 cm³/mol. The van der Waals surface area contributed by atoms with Crippen LogP contribution >= 0.6 is 11.8 Å². The van der Waals surface area contributed by atoms with Gasteiger partial charge in [-0.15, -0.1) is 10.2 Å². The molecule has 0 unspecified atom stereocenters. The van der Waals surface area contributed by atoms with E-state index in [0.29, 0.717) is 28.0 Å². The van der Waals surface area contributed by atoms with Crippen molar-refractivity contribution in [3.63, 3.8) is 0 Å². The summed E-state index contributed by atoms with van der Waals surface area (Å²) in [6.45, 7) is 1.50. The third-order valence-electron chi connectivity index (χ3n) is 4.91. The van der Waals surface area contributed by atoms with E-state index in [-0.39, 0.29) is 5.75 Å². The van der Waals surface area contributed by atoms with Crippen LogP contribution in [0.1, 0.15) is 31.6 Å². The molecular formula is C23H23N4O5S-. The molecule has 1 aromatic heterocycles. The van der Waals surface area contributed by atoms with E-state index in [2.05, 4.69) is 27.4 Å². The lowest BCUT2D eigenvalue weighted by molar-refractivity contribution is -0.307. The molecule has 0 amide bonds. The minimum absolute atomic E-state index is 0.238. The van der Waals surface area contributed by atoms with Crippen LogP contribution in [0.15, 0.2) is 47.6 Å². The van der Waals surface area contributed by atoms with Crippen molar-refractivity contribution >= 4 is 23.4 Å². The average molecular weight is 468 g/mol. The summed E-state index contributed by atoms with van der Waals surface area (Å²) in [6.07, 6.45) is 1.36. The topological polar surface area (TPSA) is 119 Å². The average Bonchev–Trinajstić information content (AvgIpc) is 2.99. The summed E-state index contributed by atoms with van der Waals surface area (Å²) in [7, 11) is 1.48. The van der Waals surface area contributed by atoms with Crippen LogP contribution in [0.25, 0.3) is 11.3 Å². The van der Waals surface area contributed by atoms with E-state index in [1.807, 2.05) is 24.3 Å². The van der Waals surface area contributed by atoms with Gasteiger partial charge in [-0.1, -0.05) is 49.4 Å². The first kappa shape index (κ1) is 22.7. The first-order valence-electron chi connectivity index (χ1n) is 10.5. The molecular weight excluding hydrogens is 444 g/mol. The fourth-order valence-electron chi connectivity index (χ4n) is 3.34. The highest BCUT2D eigenvalue weighted by Gasteiger charge is 2.29. The van der Waals surface area contributed by atoms with E-state index in [9.17, 15) is 9.90 Å². The number of methoxy groups -OCH3 is 1. The number of thioether (sulfide) groups is 1. The van der Waals surface area contributed by atoms with Gasteiger partial charge in [-0.25, -0.2) is 0 Å². The standard InChI is InChI=1S/C23H24N4O5S/c1-3-4-12-33-23-25-22-19(26-27-23)14-8-5-6-10-16(14)24-21(32-22)15-9-7-11-17(30-2)20(15)31-13-18(28)29/h5-11,21,24H,3-4,12-13H2,1-2H3,(H,28,29)/p-1/t21-/m0/s1. The summed E-state index contributed by atoms with van der Waals surface area (Å²) in [5.41, 5.74) is 2.61. The van der Waals surface area contributed by atoms with Gasteiger partial charge in [0.1, 0.15) is 6.61 Å². The molecule has 4 rings (SSSR count). The second-order valence-electron chi connectivity index (χ2n) is 7.18. The molecule has 2 aromatic carbocycles. The molecule has 0 spiro atoms. The number of aliphatic carboxylic acids is 1. The van der Waals surface area contributed by atoms with Gasteiger partial charge < -0.3 is 29.4 Å². The van der Waals surface area contributed by atoms with Crippen molar-refractivity contribution in [3.8, 4) is 28.6 Å². The lowest BCUT2D eigenvalue weighted by atomic mass is 10.1. The van der Waals surface area contributed by atoms with Crippen LogP contribution in [0.3, 0.4) is 0 Å². The van der Waals surface area contributed by atoms with E-state index in [0.717, 1.165) is 29.8 Å². The second kappa shape index (κ2) is 10.4. The lowest BCUT2D eigenvalue weighted by Crippen LogP contribution is -2.29. The second-order valence-corrected chi connectivity index (χ2v) is 8.24. The maximum Gasteiger partial charge on any atom is 0.247 e. The van der Waals surface area contributed by atoms with Crippen LogP contribution in [0, 0.1) is 0 Å². The van der Waals surface area contributed by atoms with Crippen LogP contribution in [-0.4, -0.2) is 40.6 Å². The van der Waals surface area contributed by atoms with E-state index < -0.39 is 18.8 Å². The Morgan fingerprint density at radius 1 is 1.21 bits per heavy atom. The van der Waals surface area contributed by atoms with Gasteiger partial charge in [0.15, 0.2) is 17.2 Å². The fraction of sp³-hybridized carbons (Fsp3) is 0.304. The number of rotatable bonds is 9. The molecule has 1 aliphatic heterocycles. The molecule has 0 saturated heterocycles. The first-order chi connectivity index (χ1) is 16.1. The molecule has 0 radical (unpaired) electrons. The van der Waals surface area contributed by atoms with Crippen molar-refractivity contribution in [3.05, 3.63) is 48.0 Å². The first-order valence-corrected chi connectivity index (χ1v) is 11.5. The largest absolute Gasteiger partial charge is 0.546 e. The number of nitrogens with one attached hydrogen (secondary N) is 1. The van der Waals surface area contributed by atoms with Gasteiger partial charge >= 0.3 is 0 Å². The molecule has 1 N–H and O–H groups in total. The molecule has 3 aromatic rings. The van der Waals surface area contributed by atoms with Crippen molar-refractivity contribution < 1.29 is 24.1 Å². The number of carbonyl (C=O) groups is 1. The number of aromatic nitrogens is 3. The fourth-order valence-corrected chi connectivity index (χ4v) is 4.20. The van der Waals surface area contributed by atoms with Gasteiger partial charge in [-0.2, -0.15) is 4.98 Å². The SMILES string of the molecule is CCCCSc1nnc2c(n1)O[C@@H](c1cccc(OC)c1OCC(=O)[O-])Nc1ccccc1-2. The molecule has 2 heterocycles. The van der Waals surface area contributed by atoms with Crippen LogP contribution in [0.5, 0.6) is 17.4 Å². The van der Waals surface area contributed by atoms with Crippen molar-refractivity contribution in [2.24, 2.45) is 0 Å². The van der Waals surface area contributed by atoms with Crippen LogP contribution in [0.2, 0.25) is 0 Å². The highest BCUT2D eigenvalue weighted by Crippen LogP contribution is 2.43. The minimum Gasteiger partial charge on any atom is -0.546 e. The number of unbranched alkanes of at least 4 members (excludes halogenated alkanes) is 1. The highest BCUT2D eigenvalue weighted by atomic mass is 32.2. The zero-order valence-corrected chi connectivity index (χ0v) is 19.1. The molecule has 0 fully saturated rings. The molecule has 33 heavy (non-hydrogen) atoms. The zero-order chi connectivity index (χ0) is 23.2. The van der Waals surface area contributed by atoms with Gasteiger partial charge in [0.05, 0.1) is 18.6 Å². The van der Waals surface area contributed by atoms with Crippen molar-refractivity contribution in [1.82, 2.24) is 15.2 Å². The molecule has 172 valence electrons. The summed E-state index contributed by atoms with van der Waals surface area (Å²) in [5, 5.41) is 23.6. The number of benzene rings is 2. The van der Waals surface area contributed by atoms with Crippen molar-refractivity contribution in [1.29, 1.82) is 0 Å².